The maximum Gasteiger partial charge on any atom is 0.345 e. The molecule has 0 aromatic carbocycles. The van der Waals surface area contributed by atoms with Crippen molar-refractivity contribution in [3.8, 4) is 0 Å². The van der Waals surface area contributed by atoms with Gasteiger partial charge in [-0.3, -0.25) is 0 Å². The summed E-state index contributed by atoms with van der Waals surface area (Å²) in [5, 5.41) is 0. The molecule has 0 N–H and O–H groups in total. The Labute approximate surface area is 47.6 Å². The highest BCUT2D eigenvalue weighted by Crippen LogP contribution is 2.16. The van der Waals surface area contributed by atoms with Crippen LogP contribution >= 0.6 is 16.1 Å². The maximum atomic E-state index is 9.59. The minimum absolute atomic E-state index is 0.598. The van der Waals surface area contributed by atoms with E-state index in [2.05, 4.69) is 0 Å². The molecule has 0 radical (unpaired) electrons. The van der Waals surface area contributed by atoms with Gasteiger partial charge < -0.3 is 9.79 Å². The molecule has 0 heterocycles. The second-order valence-corrected chi connectivity index (χ2v) is 2.61. The standard InChI is InChI=1S/C2H2O4P2/c3-7(4)1-2-8(5)6/h1-2H. The molecule has 4 nitrogen and oxygen atoms in total. The summed E-state index contributed by atoms with van der Waals surface area (Å²) in [6.45, 7) is 0. The summed E-state index contributed by atoms with van der Waals surface area (Å²) in [4.78, 5) is 19.2. The summed E-state index contributed by atoms with van der Waals surface area (Å²) >= 11 is 0. The van der Waals surface area contributed by atoms with Crippen LogP contribution in [0.25, 0.3) is 0 Å². The van der Waals surface area contributed by atoms with Crippen LogP contribution in [0.15, 0.2) is 11.6 Å². The second kappa shape index (κ2) is 3.81. The van der Waals surface area contributed by atoms with Gasteiger partial charge in [-0.2, -0.15) is 0 Å². The Morgan fingerprint density at radius 3 is 1.38 bits per heavy atom. The zero-order valence-electron chi connectivity index (χ0n) is 3.68. The van der Waals surface area contributed by atoms with Crippen molar-refractivity contribution in [1.29, 1.82) is 0 Å². The van der Waals surface area contributed by atoms with Crippen molar-refractivity contribution in [2.45, 2.75) is 0 Å². The summed E-state index contributed by atoms with van der Waals surface area (Å²) in [5.74, 6) is 1.20. The zero-order chi connectivity index (χ0) is 6.57. The van der Waals surface area contributed by atoms with Crippen molar-refractivity contribution in [2.75, 3.05) is 0 Å². The highest BCUT2D eigenvalue weighted by molar-refractivity contribution is 7.44. The molecule has 0 aromatic heterocycles. The molecule has 8 heavy (non-hydrogen) atoms. The SMILES string of the molecule is O=[P+]([O-])C=C[P+](=O)[O-]. The molecular weight excluding hydrogens is 150 g/mol. The van der Waals surface area contributed by atoms with Gasteiger partial charge in [0.05, 0.1) is 0 Å². The quantitative estimate of drug-likeness (QED) is 0.507. The van der Waals surface area contributed by atoms with Gasteiger partial charge in [-0.15, -0.1) is 0 Å². The lowest BCUT2D eigenvalue weighted by molar-refractivity contribution is -0.163. The van der Waals surface area contributed by atoms with Crippen LogP contribution in [0.4, 0.5) is 0 Å². The number of hydrogen-bond donors (Lipinski definition) is 0. The Balaban J connectivity index is 3.67. The zero-order valence-corrected chi connectivity index (χ0v) is 5.47. The summed E-state index contributed by atoms with van der Waals surface area (Å²) in [5.41, 5.74) is 0. The third kappa shape index (κ3) is 5.86. The monoisotopic (exact) mass is 152 g/mol. The van der Waals surface area contributed by atoms with E-state index in [4.69, 9.17) is 0 Å². The summed E-state index contributed by atoms with van der Waals surface area (Å²) in [7, 11) is -5.39. The van der Waals surface area contributed by atoms with E-state index in [9.17, 15) is 18.9 Å². The molecule has 0 spiro atoms. The van der Waals surface area contributed by atoms with Gasteiger partial charge >= 0.3 is 16.1 Å². The highest BCUT2D eigenvalue weighted by Gasteiger charge is 1.95. The Morgan fingerprint density at radius 1 is 1.00 bits per heavy atom. The molecule has 0 aliphatic rings. The van der Waals surface area contributed by atoms with E-state index in [1.165, 1.54) is 0 Å². The largest absolute Gasteiger partial charge is 0.591 e. The lowest BCUT2D eigenvalue weighted by atomic mass is 11.3. The lowest BCUT2D eigenvalue weighted by Crippen LogP contribution is -1.82. The molecule has 2 atom stereocenters. The van der Waals surface area contributed by atoms with Crippen LogP contribution < -0.4 is 9.79 Å². The van der Waals surface area contributed by atoms with Gasteiger partial charge in [0.25, 0.3) is 0 Å². The molecule has 0 rings (SSSR count). The van der Waals surface area contributed by atoms with Gasteiger partial charge in [0.1, 0.15) is 0 Å². The number of rotatable bonds is 2. The average Bonchev–Trinajstić information content (AvgIpc) is 1.61. The van der Waals surface area contributed by atoms with Gasteiger partial charge in [0.2, 0.25) is 0 Å². The van der Waals surface area contributed by atoms with Crippen LogP contribution in [0.1, 0.15) is 0 Å². The van der Waals surface area contributed by atoms with E-state index in [-0.39, 0.29) is 0 Å². The molecular formula is C2H2O4P2. The van der Waals surface area contributed by atoms with Crippen LogP contribution in [0.5, 0.6) is 0 Å². The molecule has 0 amide bonds. The smallest absolute Gasteiger partial charge is 0.345 e. The molecule has 0 fully saturated rings. The summed E-state index contributed by atoms with van der Waals surface area (Å²) in [6, 6.07) is 0. The Bertz CT molecular complexity index is 123. The molecule has 2 unspecified atom stereocenters. The van der Waals surface area contributed by atoms with Crippen LogP contribution in [0, 0.1) is 0 Å². The summed E-state index contributed by atoms with van der Waals surface area (Å²) < 4.78 is 19.2. The fourth-order valence-electron chi connectivity index (χ4n) is 0.109. The molecule has 0 saturated carbocycles. The minimum Gasteiger partial charge on any atom is -0.591 e. The topological polar surface area (TPSA) is 80.3 Å². The first-order chi connectivity index (χ1) is 3.63. The van der Waals surface area contributed by atoms with E-state index < -0.39 is 16.1 Å². The normalized spacial score (nSPS) is 14.2. The third-order valence-corrected chi connectivity index (χ3v) is 1.33. The van der Waals surface area contributed by atoms with Crippen LogP contribution in [-0.4, -0.2) is 0 Å². The van der Waals surface area contributed by atoms with Gasteiger partial charge in [-0.1, -0.05) is 9.13 Å². The first-order valence-corrected chi connectivity index (χ1v) is 4.07. The van der Waals surface area contributed by atoms with E-state index in [1.54, 1.807) is 0 Å². The second-order valence-electron chi connectivity index (χ2n) is 0.869. The van der Waals surface area contributed by atoms with Crippen molar-refractivity contribution in [2.24, 2.45) is 0 Å². The van der Waals surface area contributed by atoms with Gasteiger partial charge in [-0.25, -0.2) is 0 Å². The van der Waals surface area contributed by atoms with Crippen LogP contribution in [-0.2, 0) is 9.13 Å². The molecule has 0 aromatic rings. The lowest BCUT2D eigenvalue weighted by Gasteiger charge is -1.70. The van der Waals surface area contributed by atoms with Gasteiger partial charge in [0.15, 0.2) is 11.6 Å². The van der Waals surface area contributed by atoms with Crippen molar-refractivity contribution >= 4 is 16.1 Å². The van der Waals surface area contributed by atoms with Crippen molar-refractivity contribution in [3.63, 3.8) is 0 Å². The van der Waals surface area contributed by atoms with Crippen LogP contribution in [0.2, 0.25) is 0 Å². The van der Waals surface area contributed by atoms with E-state index >= 15 is 0 Å². The Hall–Kier alpha value is -0.140. The fraction of sp³-hybridized carbons (Fsp3) is 0. The van der Waals surface area contributed by atoms with Crippen molar-refractivity contribution in [3.05, 3.63) is 11.6 Å². The number of hydrogen-bond acceptors (Lipinski definition) is 4. The van der Waals surface area contributed by atoms with E-state index in [0.717, 1.165) is 0 Å². The molecule has 0 bridgehead atoms. The first-order valence-electron chi connectivity index (χ1n) is 1.58. The fourth-order valence-corrected chi connectivity index (χ4v) is 0.980. The molecule has 0 aliphatic carbocycles. The predicted octanol–water partition coefficient (Wildman–Crippen LogP) is -0.337. The minimum atomic E-state index is -2.70. The van der Waals surface area contributed by atoms with Gasteiger partial charge in [0, 0.05) is 0 Å². The molecule has 0 aliphatic heterocycles. The van der Waals surface area contributed by atoms with E-state index in [0.29, 0.717) is 11.6 Å². The van der Waals surface area contributed by atoms with Crippen LogP contribution in [0.3, 0.4) is 0 Å². The summed E-state index contributed by atoms with van der Waals surface area (Å²) in [6.07, 6.45) is 0. The predicted molar refractivity (Wildman–Crippen MR) is 24.4 cm³/mol. The van der Waals surface area contributed by atoms with Crippen molar-refractivity contribution < 1.29 is 18.9 Å². The molecule has 0 saturated heterocycles. The maximum absolute atomic E-state index is 9.59. The Kier molecular flexibility index (Phi) is 3.75. The van der Waals surface area contributed by atoms with Crippen molar-refractivity contribution in [1.82, 2.24) is 0 Å². The molecule has 6 heteroatoms. The highest BCUT2D eigenvalue weighted by atomic mass is 31.1. The Morgan fingerprint density at radius 2 is 1.25 bits per heavy atom. The third-order valence-electron chi connectivity index (χ3n) is 0.310. The van der Waals surface area contributed by atoms with E-state index in [1.807, 2.05) is 0 Å². The molecule has 44 valence electrons. The van der Waals surface area contributed by atoms with Gasteiger partial charge in [-0.05, 0) is 0 Å². The average molecular weight is 152 g/mol. The first kappa shape index (κ1) is 7.86.